The molecular formula is C17H28N4O3S. The van der Waals surface area contributed by atoms with Crippen LogP contribution in [0.5, 0.6) is 0 Å². The summed E-state index contributed by atoms with van der Waals surface area (Å²) < 4.78 is 1.65. The second kappa shape index (κ2) is 9.15. The minimum atomic E-state index is -0.00923. The number of piperazine rings is 1. The Bertz CT molecular complexity index is 643. The molecule has 0 aliphatic carbocycles. The number of hydrogen-bond donors (Lipinski definition) is 0. The van der Waals surface area contributed by atoms with Gasteiger partial charge in [0.2, 0.25) is 11.8 Å². The van der Waals surface area contributed by atoms with Gasteiger partial charge in [-0.15, -0.1) is 0 Å². The highest BCUT2D eigenvalue weighted by Gasteiger charge is 2.23. The summed E-state index contributed by atoms with van der Waals surface area (Å²) in [5.41, 5.74) is 0.905. The van der Waals surface area contributed by atoms with Crippen LogP contribution in [0.15, 0.2) is 10.2 Å². The molecule has 2 amide bonds. The van der Waals surface area contributed by atoms with Gasteiger partial charge in [0, 0.05) is 63.3 Å². The van der Waals surface area contributed by atoms with Crippen molar-refractivity contribution >= 4 is 23.2 Å². The quantitative estimate of drug-likeness (QED) is 0.708. The second-order valence-electron chi connectivity index (χ2n) is 6.27. The second-order valence-corrected chi connectivity index (χ2v) is 7.09. The zero-order chi connectivity index (χ0) is 18.4. The number of carbonyl (C=O) groups is 2. The number of carbonyl (C=O) groups excluding carboxylic acids is 2. The monoisotopic (exact) mass is 368 g/mol. The molecule has 7 nitrogen and oxygen atoms in total. The summed E-state index contributed by atoms with van der Waals surface area (Å²) in [6, 6.07) is 0. The van der Waals surface area contributed by atoms with Gasteiger partial charge in [-0.1, -0.05) is 11.3 Å². The lowest BCUT2D eigenvalue weighted by atomic mass is 10.2. The van der Waals surface area contributed by atoms with Crippen molar-refractivity contribution in [3.63, 3.8) is 0 Å². The third-order valence-electron chi connectivity index (χ3n) is 4.73. The molecule has 0 spiro atoms. The first-order chi connectivity index (χ1) is 12.0. The van der Waals surface area contributed by atoms with Gasteiger partial charge in [0.15, 0.2) is 0 Å². The lowest BCUT2D eigenvalue weighted by molar-refractivity contribution is -0.135. The summed E-state index contributed by atoms with van der Waals surface area (Å²) in [7, 11) is 0. The number of aromatic nitrogens is 1. The molecule has 0 N–H and O–H groups in total. The Labute approximate surface area is 152 Å². The van der Waals surface area contributed by atoms with Crippen molar-refractivity contribution in [3.05, 3.63) is 20.7 Å². The number of aryl methyl sites for hydroxylation is 1. The topological polar surface area (TPSA) is 65.9 Å². The summed E-state index contributed by atoms with van der Waals surface area (Å²) in [4.78, 5) is 42.0. The van der Waals surface area contributed by atoms with Crippen molar-refractivity contribution < 1.29 is 9.59 Å². The fraction of sp³-hybridized carbons (Fsp3) is 0.706. The fourth-order valence-electron chi connectivity index (χ4n) is 3.06. The average Bonchev–Trinajstić information content (AvgIpc) is 2.92. The molecule has 1 saturated heterocycles. The minimum Gasteiger partial charge on any atom is -0.342 e. The van der Waals surface area contributed by atoms with E-state index in [1.54, 1.807) is 4.57 Å². The number of rotatable bonds is 7. The first-order valence-corrected chi connectivity index (χ1v) is 9.77. The van der Waals surface area contributed by atoms with E-state index in [-0.39, 0.29) is 16.7 Å². The van der Waals surface area contributed by atoms with Crippen molar-refractivity contribution in [2.45, 2.75) is 33.7 Å². The lowest BCUT2D eigenvalue weighted by Crippen LogP contribution is -2.51. The smallest absolute Gasteiger partial charge is 0.307 e. The van der Waals surface area contributed by atoms with Gasteiger partial charge in [-0.25, -0.2) is 0 Å². The largest absolute Gasteiger partial charge is 0.342 e. The van der Waals surface area contributed by atoms with Crippen LogP contribution in [0.25, 0.3) is 0 Å². The average molecular weight is 369 g/mol. The van der Waals surface area contributed by atoms with E-state index in [2.05, 4.69) is 4.90 Å². The van der Waals surface area contributed by atoms with Crippen LogP contribution < -0.4 is 4.87 Å². The summed E-state index contributed by atoms with van der Waals surface area (Å²) in [6.45, 7) is 10.9. The highest BCUT2D eigenvalue weighted by atomic mass is 32.1. The maximum absolute atomic E-state index is 12.4. The Balaban J connectivity index is 1.76. The van der Waals surface area contributed by atoms with Crippen LogP contribution in [0.4, 0.5) is 0 Å². The Morgan fingerprint density at radius 3 is 2.32 bits per heavy atom. The Hall–Kier alpha value is -1.67. The molecule has 0 saturated carbocycles. The highest BCUT2D eigenvalue weighted by Crippen LogP contribution is 2.07. The summed E-state index contributed by atoms with van der Waals surface area (Å²) in [5.74, 6) is 0.226. The molecule has 25 heavy (non-hydrogen) atoms. The van der Waals surface area contributed by atoms with Crippen molar-refractivity contribution in [1.82, 2.24) is 19.3 Å². The van der Waals surface area contributed by atoms with Crippen molar-refractivity contribution in [3.8, 4) is 0 Å². The van der Waals surface area contributed by atoms with E-state index in [0.29, 0.717) is 32.6 Å². The van der Waals surface area contributed by atoms with Crippen LogP contribution in [0.1, 0.15) is 26.0 Å². The highest BCUT2D eigenvalue weighted by molar-refractivity contribution is 7.07. The molecule has 1 aliphatic heterocycles. The van der Waals surface area contributed by atoms with E-state index < -0.39 is 0 Å². The fourth-order valence-corrected chi connectivity index (χ4v) is 3.82. The third-order valence-corrected chi connectivity index (χ3v) is 5.61. The molecule has 8 heteroatoms. The van der Waals surface area contributed by atoms with Crippen LogP contribution in [0.2, 0.25) is 0 Å². The van der Waals surface area contributed by atoms with Crippen molar-refractivity contribution in [1.29, 1.82) is 0 Å². The number of hydrogen-bond acceptors (Lipinski definition) is 5. The predicted octanol–water partition coefficient (Wildman–Crippen LogP) is 0.621. The standard InChI is InChI=1S/C17H28N4O3S/c1-4-19(5-2)16(23)12-18-8-10-20(11-9-18)15(22)6-7-21-14(3)13-25-17(21)24/h13H,4-12H2,1-3H3. The molecule has 0 unspecified atom stereocenters. The van der Waals surface area contributed by atoms with Gasteiger partial charge in [0.05, 0.1) is 6.54 Å². The number of nitrogens with zero attached hydrogens (tertiary/aromatic N) is 4. The van der Waals surface area contributed by atoms with E-state index in [1.165, 1.54) is 11.3 Å². The molecule has 1 aromatic rings. The SMILES string of the molecule is CCN(CC)C(=O)CN1CCN(C(=O)CCn2c(C)csc2=O)CC1. The zero-order valence-corrected chi connectivity index (χ0v) is 16.2. The van der Waals surface area contributed by atoms with Gasteiger partial charge >= 0.3 is 4.87 Å². The zero-order valence-electron chi connectivity index (χ0n) is 15.4. The number of likely N-dealkylation sites (N-methyl/N-ethyl adjacent to an activating group) is 1. The Morgan fingerprint density at radius 2 is 1.80 bits per heavy atom. The van der Waals surface area contributed by atoms with Crippen LogP contribution in [-0.4, -0.2) is 76.9 Å². The predicted molar refractivity (Wildman–Crippen MR) is 98.9 cm³/mol. The van der Waals surface area contributed by atoms with Crippen LogP contribution >= 0.6 is 11.3 Å². The molecule has 2 rings (SSSR count). The van der Waals surface area contributed by atoms with Gasteiger partial charge in [-0.05, 0) is 20.8 Å². The van der Waals surface area contributed by atoms with Crippen LogP contribution in [-0.2, 0) is 16.1 Å². The van der Waals surface area contributed by atoms with Gasteiger partial charge in [-0.3, -0.25) is 19.3 Å². The van der Waals surface area contributed by atoms with E-state index in [4.69, 9.17) is 0 Å². The van der Waals surface area contributed by atoms with E-state index in [0.717, 1.165) is 31.9 Å². The first kappa shape index (κ1) is 19.7. The summed E-state index contributed by atoms with van der Waals surface area (Å²) in [5, 5.41) is 1.82. The van der Waals surface area contributed by atoms with Crippen molar-refractivity contribution in [2.24, 2.45) is 0 Å². The molecule has 1 fully saturated rings. The first-order valence-electron chi connectivity index (χ1n) is 8.89. The molecule has 0 radical (unpaired) electrons. The lowest BCUT2D eigenvalue weighted by Gasteiger charge is -2.35. The van der Waals surface area contributed by atoms with Crippen LogP contribution in [0.3, 0.4) is 0 Å². The summed E-state index contributed by atoms with van der Waals surface area (Å²) >= 11 is 1.17. The Kier molecular flexibility index (Phi) is 7.19. The van der Waals surface area contributed by atoms with E-state index >= 15 is 0 Å². The molecule has 1 aliphatic rings. The van der Waals surface area contributed by atoms with Gasteiger partial charge in [-0.2, -0.15) is 0 Å². The summed E-state index contributed by atoms with van der Waals surface area (Å²) in [6.07, 6.45) is 0.343. The molecule has 0 aromatic carbocycles. The normalized spacial score (nSPS) is 15.4. The van der Waals surface area contributed by atoms with Crippen molar-refractivity contribution in [2.75, 3.05) is 45.8 Å². The molecule has 0 atom stereocenters. The maximum atomic E-state index is 12.4. The van der Waals surface area contributed by atoms with Crippen LogP contribution in [0, 0.1) is 6.92 Å². The molecule has 2 heterocycles. The maximum Gasteiger partial charge on any atom is 0.307 e. The molecule has 1 aromatic heterocycles. The molecule has 140 valence electrons. The van der Waals surface area contributed by atoms with E-state index in [1.807, 2.05) is 36.0 Å². The third kappa shape index (κ3) is 5.15. The molecule has 0 bridgehead atoms. The van der Waals surface area contributed by atoms with E-state index in [9.17, 15) is 14.4 Å². The van der Waals surface area contributed by atoms with Gasteiger partial charge in [0.25, 0.3) is 0 Å². The minimum absolute atomic E-state index is 0.00923. The van der Waals surface area contributed by atoms with Gasteiger partial charge in [0.1, 0.15) is 0 Å². The Morgan fingerprint density at radius 1 is 1.16 bits per heavy atom. The van der Waals surface area contributed by atoms with Gasteiger partial charge < -0.3 is 14.4 Å². The number of amides is 2. The number of thiazole rings is 1. The molecular weight excluding hydrogens is 340 g/mol.